The molecule has 0 atom stereocenters. The SMILES string of the molecule is Nc1nonc1C(=O)NC1(CC(=O)O)CCC1. The number of carboxylic acid groups (broad SMARTS) is 1. The van der Waals surface area contributed by atoms with E-state index in [-0.39, 0.29) is 17.9 Å². The Hall–Kier alpha value is -2.12. The molecule has 1 aromatic heterocycles. The van der Waals surface area contributed by atoms with E-state index in [9.17, 15) is 9.59 Å². The van der Waals surface area contributed by atoms with Crippen LogP contribution in [0.3, 0.4) is 0 Å². The van der Waals surface area contributed by atoms with Crippen molar-refractivity contribution >= 4 is 17.7 Å². The highest BCUT2D eigenvalue weighted by atomic mass is 16.6. The number of aliphatic carboxylic acids is 1. The average molecular weight is 240 g/mol. The highest BCUT2D eigenvalue weighted by Gasteiger charge is 2.41. The highest BCUT2D eigenvalue weighted by molar-refractivity contribution is 5.96. The quantitative estimate of drug-likeness (QED) is 0.662. The zero-order valence-corrected chi connectivity index (χ0v) is 8.97. The van der Waals surface area contributed by atoms with E-state index in [1.807, 2.05) is 0 Å². The third-order valence-corrected chi connectivity index (χ3v) is 2.91. The van der Waals surface area contributed by atoms with Gasteiger partial charge in [-0.1, -0.05) is 0 Å². The van der Waals surface area contributed by atoms with E-state index < -0.39 is 17.4 Å². The molecule has 4 N–H and O–H groups in total. The van der Waals surface area contributed by atoms with E-state index >= 15 is 0 Å². The summed E-state index contributed by atoms with van der Waals surface area (Å²) in [6, 6.07) is 0. The van der Waals surface area contributed by atoms with Crippen LogP contribution in [0.15, 0.2) is 4.63 Å². The second-order valence-corrected chi connectivity index (χ2v) is 4.16. The van der Waals surface area contributed by atoms with Crippen LogP contribution in [-0.4, -0.2) is 32.8 Å². The number of amides is 1. The zero-order chi connectivity index (χ0) is 12.5. The molecule has 1 aliphatic carbocycles. The van der Waals surface area contributed by atoms with E-state index in [2.05, 4.69) is 20.3 Å². The minimum absolute atomic E-state index is 0.104. The summed E-state index contributed by atoms with van der Waals surface area (Å²) in [4.78, 5) is 22.5. The fourth-order valence-electron chi connectivity index (χ4n) is 1.89. The maximum absolute atomic E-state index is 11.8. The van der Waals surface area contributed by atoms with Gasteiger partial charge in [-0.3, -0.25) is 9.59 Å². The lowest BCUT2D eigenvalue weighted by Gasteiger charge is -2.41. The van der Waals surface area contributed by atoms with Gasteiger partial charge in [0, 0.05) is 0 Å². The number of hydrogen-bond donors (Lipinski definition) is 3. The van der Waals surface area contributed by atoms with Crippen molar-refractivity contribution in [3.8, 4) is 0 Å². The van der Waals surface area contributed by atoms with Gasteiger partial charge in [-0.05, 0) is 29.6 Å². The number of nitrogens with two attached hydrogens (primary N) is 1. The molecule has 0 spiro atoms. The van der Waals surface area contributed by atoms with E-state index in [0.29, 0.717) is 12.8 Å². The van der Waals surface area contributed by atoms with Crippen LogP contribution in [0.1, 0.15) is 36.2 Å². The van der Waals surface area contributed by atoms with Crippen molar-refractivity contribution in [1.82, 2.24) is 15.6 Å². The molecule has 0 aromatic carbocycles. The van der Waals surface area contributed by atoms with Crippen molar-refractivity contribution < 1.29 is 19.3 Å². The fraction of sp³-hybridized carbons (Fsp3) is 0.556. The third kappa shape index (κ3) is 2.19. The maximum atomic E-state index is 11.8. The first kappa shape index (κ1) is 11.4. The molecule has 8 heteroatoms. The summed E-state index contributed by atoms with van der Waals surface area (Å²) in [5, 5.41) is 18.1. The van der Waals surface area contributed by atoms with Crippen LogP contribution in [0.5, 0.6) is 0 Å². The number of anilines is 1. The molecule has 1 amide bonds. The molecule has 1 aromatic rings. The van der Waals surface area contributed by atoms with Crippen molar-refractivity contribution in [2.24, 2.45) is 0 Å². The molecule has 1 heterocycles. The molecule has 1 aliphatic rings. The standard InChI is InChI=1S/C9H12N4O4/c10-7-6(12-17-13-7)8(16)11-9(2-1-3-9)4-5(14)15/h1-4H2,(H2,10,13)(H,11,16)(H,14,15). The molecular weight excluding hydrogens is 228 g/mol. The van der Waals surface area contributed by atoms with Crippen molar-refractivity contribution in [2.45, 2.75) is 31.2 Å². The Morgan fingerprint density at radius 3 is 2.59 bits per heavy atom. The summed E-state index contributed by atoms with van der Waals surface area (Å²) >= 11 is 0. The summed E-state index contributed by atoms with van der Waals surface area (Å²) in [5.41, 5.74) is 4.58. The first-order valence-corrected chi connectivity index (χ1v) is 5.15. The van der Waals surface area contributed by atoms with Crippen molar-refractivity contribution in [1.29, 1.82) is 0 Å². The first-order valence-electron chi connectivity index (χ1n) is 5.15. The van der Waals surface area contributed by atoms with Crippen LogP contribution in [0.25, 0.3) is 0 Å². The van der Waals surface area contributed by atoms with Gasteiger partial charge in [-0.2, -0.15) is 0 Å². The van der Waals surface area contributed by atoms with Crippen LogP contribution in [0, 0.1) is 0 Å². The molecule has 0 radical (unpaired) electrons. The summed E-state index contributed by atoms with van der Waals surface area (Å²) in [6.07, 6.45) is 2.05. The second-order valence-electron chi connectivity index (χ2n) is 4.16. The number of carbonyl (C=O) groups excluding carboxylic acids is 1. The predicted octanol–water partition coefficient (Wildman–Crippen LogP) is -0.221. The molecule has 0 aliphatic heterocycles. The Kier molecular flexibility index (Phi) is 2.70. The smallest absolute Gasteiger partial charge is 0.305 e. The molecule has 92 valence electrons. The topological polar surface area (TPSA) is 131 Å². The molecule has 8 nitrogen and oxygen atoms in total. The number of nitrogen functional groups attached to an aromatic ring is 1. The predicted molar refractivity (Wildman–Crippen MR) is 55.0 cm³/mol. The maximum Gasteiger partial charge on any atom is 0.305 e. The largest absolute Gasteiger partial charge is 0.481 e. The Balaban J connectivity index is 2.07. The number of carbonyl (C=O) groups is 2. The van der Waals surface area contributed by atoms with Gasteiger partial charge in [0.2, 0.25) is 11.5 Å². The lowest BCUT2D eigenvalue weighted by Crippen LogP contribution is -2.54. The number of carboxylic acids is 1. The lowest BCUT2D eigenvalue weighted by atomic mass is 9.74. The van der Waals surface area contributed by atoms with Crippen LogP contribution in [0.4, 0.5) is 5.82 Å². The van der Waals surface area contributed by atoms with Gasteiger partial charge in [0.1, 0.15) is 0 Å². The molecule has 2 rings (SSSR count). The minimum Gasteiger partial charge on any atom is -0.481 e. The molecule has 0 saturated heterocycles. The van der Waals surface area contributed by atoms with Gasteiger partial charge in [-0.15, -0.1) is 0 Å². The van der Waals surface area contributed by atoms with Gasteiger partial charge in [0.15, 0.2) is 0 Å². The van der Waals surface area contributed by atoms with E-state index in [1.54, 1.807) is 0 Å². The Labute approximate surface area is 96.1 Å². The zero-order valence-electron chi connectivity index (χ0n) is 8.97. The van der Waals surface area contributed by atoms with Crippen LogP contribution in [-0.2, 0) is 4.79 Å². The van der Waals surface area contributed by atoms with E-state index in [0.717, 1.165) is 6.42 Å². The Bertz CT molecular complexity index is 452. The molecule has 0 bridgehead atoms. The van der Waals surface area contributed by atoms with Gasteiger partial charge in [0.25, 0.3) is 5.91 Å². The Morgan fingerprint density at radius 1 is 1.47 bits per heavy atom. The fourth-order valence-corrected chi connectivity index (χ4v) is 1.89. The van der Waals surface area contributed by atoms with Crippen LogP contribution in [0.2, 0.25) is 0 Å². The Morgan fingerprint density at radius 2 is 2.18 bits per heavy atom. The van der Waals surface area contributed by atoms with Crippen LogP contribution < -0.4 is 11.1 Å². The number of nitrogens with one attached hydrogen (secondary N) is 1. The third-order valence-electron chi connectivity index (χ3n) is 2.91. The van der Waals surface area contributed by atoms with Gasteiger partial charge < -0.3 is 16.2 Å². The van der Waals surface area contributed by atoms with E-state index in [1.165, 1.54) is 0 Å². The first-order chi connectivity index (χ1) is 8.02. The molecule has 1 saturated carbocycles. The van der Waals surface area contributed by atoms with Crippen molar-refractivity contribution in [2.75, 3.05) is 5.73 Å². The summed E-state index contributed by atoms with van der Waals surface area (Å²) in [6.45, 7) is 0. The number of rotatable bonds is 4. The van der Waals surface area contributed by atoms with Gasteiger partial charge in [0.05, 0.1) is 12.0 Å². The van der Waals surface area contributed by atoms with Crippen molar-refractivity contribution in [3.05, 3.63) is 5.69 Å². The summed E-state index contributed by atoms with van der Waals surface area (Å²) in [5.74, 6) is -1.60. The number of hydrogen-bond acceptors (Lipinski definition) is 6. The molecule has 0 unspecified atom stereocenters. The second kappa shape index (κ2) is 4.04. The highest BCUT2D eigenvalue weighted by Crippen LogP contribution is 2.35. The number of aromatic nitrogens is 2. The van der Waals surface area contributed by atoms with E-state index in [4.69, 9.17) is 10.8 Å². The average Bonchev–Trinajstić information content (AvgIpc) is 2.60. The summed E-state index contributed by atoms with van der Waals surface area (Å²) in [7, 11) is 0. The number of nitrogens with zero attached hydrogens (tertiary/aromatic N) is 2. The lowest BCUT2D eigenvalue weighted by molar-refractivity contribution is -0.139. The normalized spacial score (nSPS) is 17.2. The molecule has 1 fully saturated rings. The van der Waals surface area contributed by atoms with Crippen molar-refractivity contribution in [3.63, 3.8) is 0 Å². The van der Waals surface area contributed by atoms with Gasteiger partial charge >= 0.3 is 5.97 Å². The summed E-state index contributed by atoms with van der Waals surface area (Å²) < 4.78 is 4.31. The molecule has 17 heavy (non-hydrogen) atoms. The van der Waals surface area contributed by atoms with Gasteiger partial charge in [-0.25, -0.2) is 4.63 Å². The molecular formula is C9H12N4O4. The van der Waals surface area contributed by atoms with Crippen LogP contribution >= 0.6 is 0 Å². The monoisotopic (exact) mass is 240 g/mol. The minimum atomic E-state index is -0.948.